The highest BCUT2D eigenvalue weighted by Gasteiger charge is 2.38. The molecule has 1 heteroatoms. The van der Waals surface area contributed by atoms with Crippen molar-refractivity contribution in [3.63, 3.8) is 0 Å². The monoisotopic (exact) mass is 284 g/mol. The fourth-order valence-corrected chi connectivity index (χ4v) is 4.36. The summed E-state index contributed by atoms with van der Waals surface area (Å²) in [5, 5.41) is 0. The van der Waals surface area contributed by atoms with Gasteiger partial charge in [0.1, 0.15) is 0 Å². The van der Waals surface area contributed by atoms with Crippen LogP contribution in [0.1, 0.15) is 69.8 Å². The molecular weight excluding hydrogens is 254 g/mol. The van der Waals surface area contributed by atoms with Crippen molar-refractivity contribution in [2.24, 2.45) is 0 Å². The largest absolute Gasteiger partial charge is 0.328 e. The number of nitrogens with zero attached hydrogens (tertiary/aromatic N) is 1. The molecule has 1 saturated carbocycles. The predicted octanol–water partition coefficient (Wildman–Crippen LogP) is 5.32. The molecule has 0 spiro atoms. The van der Waals surface area contributed by atoms with E-state index in [-0.39, 0.29) is 0 Å². The van der Waals surface area contributed by atoms with Crippen molar-refractivity contribution in [2.75, 3.05) is 13.1 Å². The van der Waals surface area contributed by atoms with Crippen molar-refractivity contribution in [3.8, 4) is 0 Å². The van der Waals surface area contributed by atoms with Crippen LogP contribution in [0, 0.1) is 6.42 Å². The van der Waals surface area contributed by atoms with Crippen LogP contribution in [0.5, 0.6) is 0 Å². The molecule has 1 nitrogen and oxygen atoms in total. The van der Waals surface area contributed by atoms with Crippen LogP contribution in [0.15, 0.2) is 30.3 Å². The highest BCUT2D eigenvalue weighted by molar-refractivity contribution is 5.25. The van der Waals surface area contributed by atoms with Gasteiger partial charge >= 0.3 is 0 Å². The number of rotatable bonds is 2. The first kappa shape index (κ1) is 15.1. The summed E-state index contributed by atoms with van der Waals surface area (Å²) in [6.07, 6.45) is 16.2. The molecule has 21 heavy (non-hydrogen) atoms. The zero-order valence-corrected chi connectivity index (χ0v) is 13.4. The molecular formula is C20H30N-. The van der Waals surface area contributed by atoms with Gasteiger partial charge < -0.3 is 6.42 Å². The summed E-state index contributed by atoms with van der Waals surface area (Å²) in [6.45, 7) is 2.61. The number of hydrogen-bond acceptors (Lipinski definition) is 1. The summed E-state index contributed by atoms with van der Waals surface area (Å²) in [6, 6.07) is 11.4. The van der Waals surface area contributed by atoms with Gasteiger partial charge in [-0.15, -0.1) is 0 Å². The molecule has 1 heterocycles. The van der Waals surface area contributed by atoms with Gasteiger partial charge in [0.15, 0.2) is 0 Å². The number of benzene rings is 1. The molecule has 0 radical (unpaired) electrons. The van der Waals surface area contributed by atoms with Crippen LogP contribution in [0.3, 0.4) is 0 Å². The lowest BCUT2D eigenvalue weighted by atomic mass is 9.78. The lowest BCUT2D eigenvalue weighted by molar-refractivity contribution is 0.0860. The third kappa shape index (κ3) is 3.51. The predicted molar refractivity (Wildman–Crippen MR) is 90.2 cm³/mol. The topological polar surface area (TPSA) is 3.24 Å². The molecule has 0 amide bonds. The minimum Gasteiger partial charge on any atom is -0.328 e. The first-order valence-electron chi connectivity index (χ1n) is 9.04. The molecule has 3 rings (SSSR count). The van der Waals surface area contributed by atoms with E-state index in [1.165, 1.54) is 77.3 Å². The van der Waals surface area contributed by atoms with Gasteiger partial charge in [-0.3, -0.25) is 4.90 Å². The fourth-order valence-electron chi connectivity index (χ4n) is 4.36. The summed E-state index contributed by atoms with van der Waals surface area (Å²) >= 11 is 0. The van der Waals surface area contributed by atoms with E-state index in [2.05, 4.69) is 41.7 Å². The van der Waals surface area contributed by atoms with E-state index in [0.717, 1.165) is 0 Å². The van der Waals surface area contributed by atoms with Gasteiger partial charge in [0.05, 0.1) is 0 Å². The molecule has 2 aliphatic rings. The maximum Gasteiger partial charge on any atom is 0.0460 e. The Morgan fingerprint density at radius 1 is 0.762 bits per heavy atom. The Bertz CT molecular complexity index is 395. The Kier molecular flexibility index (Phi) is 5.35. The van der Waals surface area contributed by atoms with Gasteiger partial charge in [0.2, 0.25) is 0 Å². The minimum absolute atomic E-state index is 0.328. The summed E-state index contributed by atoms with van der Waals surface area (Å²) in [5.74, 6) is 0. The van der Waals surface area contributed by atoms with Gasteiger partial charge in [-0.1, -0.05) is 56.0 Å². The van der Waals surface area contributed by atoms with Crippen molar-refractivity contribution in [2.45, 2.75) is 69.7 Å². The van der Waals surface area contributed by atoms with E-state index >= 15 is 0 Å². The van der Waals surface area contributed by atoms with E-state index in [4.69, 9.17) is 0 Å². The fraction of sp³-hybridized carbons (Fsp3) is 0.650. The average Bonchev–Trinajstić information content (AvgIpc) is 3.08. The van der Waals surface area contributed by atoms with Crippen molar-refractivity contribution in [3.05, 3.63) is 42.3 Å². The molecule has 116 valence electrons. The highest BCUT2D eigenvalue weighted by atomic mass is 15.2. The lowest BCUT2D eigenvalue weighted by Crippen LogP contribution is -2.44. The molecule has 2 fully saturated rings. The average molecular weight is 284 g/mol. The Morgan fingerprint density at radius 2 is 1.38 bits per heavy atom. The lowest BCUT2D eigenvalue weighted by Gasteiger charge is -2.44. The Balaban J connectivity index is 1.88. The van der Waals surface area contributed by atoms with E-state index in [1.807, 2.05) is 0 Å². The number of hydrogen-bond donors (Lipinski definition) is 0. The number of likely N-dealkylation sites (tertiary alicyclic amines) is 1. The molecule has 0 aromatic heterocycles. The van der Waals surface area contributed by atoms with Crippen molar-refractivity contribution >= 4 is 0 Å². The normalized spacial score (nSPS) is 24.8. The van der Waals surface area contributed by atoms with E-state index in [1.54, 1.807) is 5.56 Å². The smallest absolute Gasteiger partial charge is 0.0460 e. The van der Waals surface area contributed by atoms with E-state index < -0.39 is 0 Å². The molecule has 1 aliphatic heterocycles. The second-order valence-electron chi connectivity index (χ2n) is 6.87. The van der Waals surface area contributed by atoms with Gasteiger partial charge in [0.25, 0.3) is 0 Å². The summed E-state index contributed by atoms with van der Waals surface area (Å²) in [7, 11) is 0. The standard InChI is InChI=1S/C20H30N/c1-2-4-9-15-20(16-10-5-3-1,21-17-11-12-18-21)19-13-7-6-8-14-19/h1,6-8,13-14H,2-5,9-12,15-18H2/q-1. The van der Waals surface area contributed by atoms with Crippen LogP contribution >= 0.6 is 0 Å². The molecule has 1 aromatic carbocycles. The van der Waals surface area contributed by atoms with Crippen LogP contribution in [0.25, 0.3) is 0 Å². The maximum absolute atomic E-state index is 2.83. The van der Waals surface area contributed by atoms with Crippen molar-refractivity contribution in [1.29, 1.82) is 0 Å². The second-order valence-corrected chi connectivity index (χ2v) is 6.87. The molecule has 1 aromatic rings. The third-order valence-electron chi connectivity index (χ3n) is 5.52. The first-order valence-corrected chi connectivity index (χ1v) is 9.04. The molecule has 1 saturated heterocycles. The highest BCUT2D eigenvalue weighted by Crippen LogP contribution is 2.41. The summed E-state index contributed by atoms with van der Waals surface area (Å²) in [5.41, 5.74) is 1.91. The summed E-state index contributed by atoms with van der Waals surface area (Å²) in [4.78, 5) is 2.83. The van der Waals surface area contributed by atoms with Crippen LogP contribution in [0.2, 0.25) is 0 Å². The van der Waals surface area contributed by atoms with Gasteiger partial charge in [-0.2, -0.15) is 12.8 Å². The first-order chi connectivity index (χ1) is 10.4. The Labute approximate surface area is 130 Å². The zero-order chi connectivity index (χ0) is 14.4. The quantitative estimate of drug-likeness (QED) is 0.665. The maximum atomic E-state index is 2.83. The SMILES string of the molecule is c1ccc(C2(N3CCCC3)CCCC[CH-]CCCC2)cc1. The van der Waals surface area contributed by atoms with Gasteiger partial charge in [-0.05, 0) is 44.3 Å². The Morgan fingerprint density at radius 3 is 2.00 bits per heavy atom. The van der Waals surface area contributed by atoms with Crippen LogP contribution in [-0.2, 0) is 5.54 Å². The summed E-state index contributed by atoms with van der Waals surface area (Å²) < 4.78 is 0. The van der Waals surface area contributed by atoms with Crippen LogP contribution < -0.4 is 0 Å². The molecule has 0 bridgehead atoms. The van der Waals surface area contributed by atoms with E-state index in [9.17, 15) is 0 Å². The second kappa shape index (κ2) is 7.45. The molecule has 1 aliphatic carbocycles. The molecule has 0 atom stereocenters. The zero-order valence-electron chi connectivity index (χ0n) is 13.4. The van der Waals surface area contributed by atoms with Crippen molar-refractivity contribution in [1.82, 2.24) is 4.90 Å². The minimum atomic E-state index is 0.328. The Hall–Kier alpha value is -0.820. The van der Waals surface area contributed by atoms with Crippen LogP contribution in [-0.4, -0.2) is 18.0 Å². The van der Waals surface area contributed by atoms with E-state index in [0.29, 0.717) is 5.54 Å². The third-order valence-corrected chi connectivity index (χ3v) is 5.52. The van der Waals surface area contributed by atoms with Crippen LogP contribution in [0.4, 0.5) is 0 Å². The van der Waals surface area contributed by atoms with Gasteiger partial charge in [-0.25, -0.2) is 0 Å². The molecule has 0 N–H and O–H groups in total. The molecule has 0 unspecified atom stereocenters. The van der Waals surface area contributed by atoms with Crippen molar-refractivity contribution < 1.29 is 0 Å². The van der Waals surface area contributed by atoms with Gasteiger partial charge in [0, 0.05) is 5.54 Å².